The number of aromatic nitrogens is 4. The van der Waals surface area contributed by atoms with Crippen molar-refractivity contribution in [3.05, 3.63) is 90.8 Å². The van der Waals surface area contributed by atoms with E-state index in [0.29, 0.717) is 11.7 Å². The number of amides is 1. The number of carbonyl (C=O) groups is 1. The van der Waals surface area contributed by atoms with Crippen molar-refractivity contribution in [1.29, 1.82) is 0 Å². The van der Waals surface area contributed by atoms with E-state index in [2.05, 4.69) is 27.3 Å². The van der Waals surface area contributed by atoms with Crippen molar-refractivity contribution >= 4 is 23.4 Å². The predicted molar refractivity (Wildman–Crippen MR) is 129 cm³/mol. The number of carbonyl (C=O) groups excluding carboxylic acids is 1. The average molecular weight is 444 g/mol. The first-order valence-electron chi connectivity index (χ1n) is 10.5. The van der Waals surface area contributed by atoms with Crippen LogP contribution in [-0.2, 0) is 11.3 Å². The lowest BCUT2D eigenvalue weighted by atomic mass is 10.2. The molecular weight excluding hydrogens is 418 g/mol. The molecule has 7 heteroatoms. The van der Waals surface area contributed by atoms with Crippen LogP contribution in [-0.4, -0.2) is 37.5 Å². The van der Waals surface area contributed by atoms with Crippen molar-refractivity contribution in [2.24, 2.45) is 0 Å². The number of nitrogens with zero attached hydrogens (tertiary/aromatic N) is 5. The van der Waals surface area contributed by atoms with E-state index in [0.717, 1.165) is 22.6 Å². The number of anilines is 1. The second-order valence-corrected chi connectivity index (χ2v) is 8.54. The summed E-state index contributed by atoms with van der Waals surface area (Å²) in [6.45, 7) is 4.66. The van der Waals surface area contributed by atoms with Crippen LogP contribution in [0.4, 0.5) is 5.69 Å². The molecule has 4 aromatic rings. The van der Waals surface area contributed by atoms with Gasteiger partial charge in [0.25, 0.3) is 0 Å². The van der Waals surface area contributed by atoms with Gasteiger partial charge in [-0.1, -0.05) is 60.3 Å². The van der Waals surface area contributed by atoms with Crippen LogP contribution in [0, 0.1) is 0 Å². The lowest BCUT2D eigenvalue weighted by Gasteiger charge is -2.26. The molecular formula is C25H25N5OS. The first-order valence-corrected chi connectivity index (χ1v) is 11.5. The van der Waals surface area contributed by atoms with Gasteiger partial charge in [-0.3, -0.25) is 14.3 Å². The molecule has 0 fully saturated rings. The molecule has 1 amide bonds. The third-order valence-electron chi connectivity index (χ3n) is 4.96. The van der Waals surface area contributed by atoms with Crippen LogP contribution in [0.1, 0.15) is 19.4 Å². The molecule has 0 bridgehead atoms. The highest BCUT2D eigenvalue weighted by Crippen LogP contribution is 2.26. The summed E-state index contributed by atoms with van der Waals surface area (Å²) in [7, 11) is 0. The lowest BCUT2D eigenvalue weighted by Crippen LogP contribution is -2.38. The lowest BCUT2D eigenvalue weighted by molar-refractivity contribution is -0.116. The number of hydrogen-bond donors (Lipinski definition) is 0. The van der Waals surface area contributed by atoms with Crippen molar-refractivity contribution in [1.82, 2.24) is 19.7 Å². The van der Waals surface area contributed by atoms with Crippen LogP contribution in [0.5, 0.6) is 0 Å². The molecule has 0 aliphatic rings. The highest BCUT2D eigenvalue weighted by atomic mass is 32.2. The van der Waals surface area contributed by atoms with Crippen molar-refractivity contribution in [3.8, 4) is 11.4 Å². The number of hydrogen-bond acceptors (Lipinski definition) is 5. The number of benzene rings is 2. The number of para-hydroxylation sites is 1. The van der Waals surface area contributed by atoms with Gasteiger partial charge in [0, 0.05) is 29.7 Å². The van der Waals surface area contributed by atoms with Gasteiger partial charge in [-0.05, 0) is 43.7 Å². The zero-order chi connectivity index (χ0) is 22.3. The van der Waals surface area contributed by atoms with E-state index in [-0.39, 0.29) is 17.7 Å². The van der Waals surface area contributed by atoms with Crippen molar-refractivity contribution < 1.29 is 4.79 Å². The van der Waals surface area contributed by atoms with Gasteiger partial charge in [0.15, 0.2) is 11.0 Å². The Labute approximate surface area is 192 Å². The Hall–Kier alpha value is -3.45. The molecule has 0 atom stereocenters. The minimum absolute atomic E-state index is 0.0355. The quantitative estimate of drug-likeness (QED) is 0.362. The maximum Gasteiger partial charge on any atom is 0.237 e. The minimum Gasteiger partial charge on any atom is -0.309 e. The fourth-order valence-corrected chi connectivity index (χ4v) is 4.32. The van der Waals surface area contributed by atoms with Gasteiger partial charge in [0.05, 0.1) is 12.3 Å². The molecule has 0 unspecified atom stereocenters. The van der Waals surface area contributed by atoms with E-state index in [1.165, 1.54) is 11.8 Å². The van der Waals surface area contributed by atoms with Crippen LogP contribution in [0.25, 0.3) is 11.4 Å². The summed E-state index contributed by atoms with van der Waals surface area (Å²) in [5.41, 5.74) is 2.93. The Morgan fingerprint density at radius 1 is 0.969 bits per heavy atom. The summed E-state index contributed by atoms with van der Waals surface area (Å²) in [5, 5.41) is 9.55. The fourth-order valence-electron chi connectivity index (χ4n) is 3.53. The van der Waals surface area contributed by atoms with Gasteiger partial charge in [-0.2, -0.15) is 0 Å². The highest BCUT2D eigenvalue weighted by Gasteiger charge is 2.21. The Kier molecular flexibility index (Phi) is 6.97. The van der Waals surface area contributed by atoms with E-state index < -0.39 is 0 Å². The van der Waals surface area contributed by atoms with Gasteiger partial charge >= 0.3 is 0 Å². The summed E-state index contributed by atoms with van der Waals surface area (Å²) in [6, 6.07) is 23.8. The van der Waals surface area contributed by atoms with Gasteiger partial charge in [0.2, 0.25) is 5.91 Å². The largest absolute Gasteiger partial charge is 0.309 e. The zero-order valence-electron chi connectivity index (χ0n) is 18.1. The maximum absolute atomic E-state index is 13.1. The predicted octanol–water partition coefficient (Wildman–Crippen LogP) is 4.92. The molecule has 0 spiro atoms. The van der Waals surface area contributed by atoms with Crippen molar-refractivity contribution in [2.75, 3.05) is 10.7 Å². The Balaban J connectivity index is 1.59. The van der Waals surface area contributed by atoms with Gasteiger partial charge in [-0.25, -0.2) is 0 Å². The number of thioether (sulfide) groups is 1. The van der Waals surface area contributed by atoms with E-state index >= 15 is 0 Å². The van der Waals surface area contributed by atoms with Crippen LogP contribution in [0.2, 0.25) is 0 Å². The fraction of sp³-hybridized carbons (Fsp3) is 0.200. The van der Waals surface area contributed by atoms with Crippen LogP contribution < -0.4 is 4.90 Å². The van der Waals surface area contributed by atoms with E-state index in [1.807, 2.05) is 84.0 Å². The molecule has 2 aromatic carbocycles. The van der Waals surface area contributed by atoms with Crippen molar-refractivity contribution in [2.45, 2.75) is 31.6 Å². The van der Waals surface area contributed by atoms with E-state index in [1.54, 1.807) is 12.4 Å². The third-order valence-corrected chi connectivity index (χ3v) is 5.92. The molecule has 4 rings (SSSR count). The second kappa shape index (κ2) is 10.2. The number of pyridine rings is 1. The zero-order valence-corrected chi connectivity index (χ0v) is 18.9. The molecule has 0 aliphatic heterocycles. The maximum atomic E-state index is 13.1. The Morgan fingerprint density at radius 2 is 1.69 bits per heavy atom. The highest BCUT2D eigenvalue weighted by molar-refractivity contribution is 7.99. The normalized spacial score (nSPS) is 11.0. The van der Waals surface area contributed by atoms with Crippen LogP contribution in [0.3, 0.4) is 0 Å². The Morgan fingerprint density at radius 3 is 2.34 bits per heavy atom. The van der Waals surface area contributed by atoms with Crippen LogP contribution in [0.15, 0.2) is 90.3 Å². The molecule has 32 heavy (non-hydrogen) atoms. The first kappa shape index (κ1) is 21.8. The molecule has 2 aromatic heterocycles. The topological polar surface area (TPSA) is 63.9 Å². The summed E-state index contributed by atoms with van der Waals surface area (Å²) in [4.78, 5) is 19.2. The molecule has 0 aliphatic carbocycles. The summed E-state index contributed by atoms with van der Waals surface area (Å²) in [6.07, 6.45) is 3.51. The van der Waals surface area contributed by atoms with E-state index in [9.17, 15) is 4.79 Å². The molecule has 0 saturated heterocycles. The number of rotatable bonds is 8. The van der Waals surface area contributed by atoms with Gasteiger partial charge in [-0.15, -0.1) is 10.2 Å². The van der Waals surface area contributed by atoms with Crippen LogP contribution >= 0.6 is 11.8 Å². The second-order valence-electron chi connectivity index (χ2n) is 7.60. The van der Waals surface area contributed by atoms with Gasteiger partial charge in [0.1, 0.15) is 0 Å². The Bertz CT molecular complexity index is 1150. The van der Waals surface area contributed by atoms with E-state index in [4.69, 9.17) is 0 Å². The molecule has 0 saturated carbocycles. The third kappa shape index (κ3) is 5.06. The molecule has 0 N–H and O–H groups in total. The summed E-state index contributed by atoms with van der Waals surface area (Å²) < 4.78 is 2.05. The summed E-state index contributed by atoms with van der Waals surface area (Å²) >= 11 is 1.41. The summed E-state index contributed by atoms with van der Waals surface area (Å²) in [5.74, 6) is 1.04. The first-order chi connectivity index (χ1) is 15.6. The standard InChI is InChI=1S/C25H25N5OS/c1-19(2)30(22-13-7-4-8-14-22)23(31)18-32-25-28-27-24(21-12-9-15-26-16-21)29(25)17-20-10-5-3-6-11-20/h3-16,19H,17-18H2,1-2H3. The molecule has 0 radical (unpaired) electrons. The SMILES string of the molecule is CC(C)N(C(=O)CSc1nnc(-c2cccnc2)n1Cc1ccccc1)c1ccccc1. The minimum atomic E-state index is 0.0355. The van der Waals surface area contributed by atoms with Crippen molar-refractivity contribution in [3.63, 3.8) is 0 Å². The molecule has 6 nitrogen and oxygen atoms in total. The monoisotopic (exact) mass is 443 g/mol. The molecule has 162 valence electrons. The van der Waals surface area contributed by atoms with Gasteiger partial charge < -0.3 is 4.90 Å². The molecule has 2 heterocycles. The smallest absolute Gasteiger partial charge is 0.237 e. The average Bonchev–Trinajstić information content (AvgIpc) is 3.22.